The molecule has 2 aromatic heterocycles. The van der Waals surface area contributed by atoms with Gasteiger partial charge in [0.15, 0.2) is 5.75 Å². The molecule has 0 unspecified atom stereocenters. The topological polar surface area (TPSA) is 72.3 Å². The summed E-state index contributed by atoms with van der Waals surface area (Å²) in [5.74, 6) is -0.416. The Balaban J connectivity index is 2.45. The Hall–Kier alpha value is -2.43. The van der Waals surface area contributed by atoms with Crippen LogP contribution in [-0.4, -0.2) is 21.0 Å². The van der Waals surface area contributed by atoms with Crippen molar-refractivity contribution in [3.63, 3.8) is 0 Å². The highest BCUT2D eigenvalue weighted by atomic mass is 16.5. The van der Waals surface area contributed by atoms with E-state index >= 15 is 0 Å². The second kappa shape index (κ2) is 5.69. The highest BCUT2D eigenvalue weighted by Crippen LogP contribution is 2.27. The van der Waals surface area contributed by atoms with Crippen molar-refractivity contribution in [3.8, 4) is 11.6 Å². The molecule has 5 nitrogen and oxygen atoms in total. The summed E-state index contributed by atoms with van der Waals surface area (Å²) < 4.78 is 5.67. The average molecular weight is 272 g/mol. The molecule has 0 saturated carbocycles. The molecule has 0 radical (unpaired) electrons. The summed E-state index contributed by atoms with van der Waals surface area (Å²) in [5.41, 5.74) is 2.37. The molecule has 5 heteroatoms. The van der Waals surface area contributed by atoms with E-state index in [2.05, 4.69) is 9.97 Å². The molecule has 2 aromatic rings. The molecule has 104 valence electrons. The van der Waals surface area contributed by atoms with Gasteiger partial charge in [-0.3, -0.25) is 4.98 Å². The van der Waals surface area contributed by atoms with Crippen LogP contribution in [-0.2, 0) is 6.42 Å². The normalized spacial score (nSPS) is 10.3. The van der Waals surface area contributed by atoms with Gasteiger partial charge < -0.3 is 9.84 Å². The summed E-state index contributed by atoms with van der Waals surface area (Å²) in [7, 11) is 0. The third kappa shape index (κ3) is 2.77. The number of rotatable bonds is 4. The Labute approximate surface area is 117 Å². The molecule has 0 saturated heterocycles. The first-order chi connectivity index (χ1) is 9.52. The van der Waals surface area contributed by atoms with Gasteiger partial charge in [-0.2, -0.15) is 0 Å². The van der Waals surface area contributed by atoms with E-state index in [0.717, 1.165) is 11.4 Å². The van der Waals surface area contributed by atoms with Crippen LogP contribution < -0.4 is 4.74 Å². The quantitative estimate of drug-likeness (QED) is 0.925. The van der Waals surface area contributed by atoms with Gasteiger partial charge in [-0.1, -0.05) is 6.92 Å². The Morgan fingerprint density at radius 2 is 2.05 bits per heavy atom. The minimum atomic E-state index is -1.05. The van der Waals surface area contributed by atoms with Crippen molar-refractivity contribution in [2.75, 3.05) is 0 Å². The van der Waals surface area contributed by atoms with Crippen LogP contribution in [0.3, 0.4) is 0 Å². The Morgan fingerprint density at radius 3 is 2.70 bits per heavy atom. The van der Waals surface area contributed by atoms with Gasteiger partial charge in [0.1, 0.15) is 5.56 Å². The molecule has 1 N–H and O–H groups in total. The van der Waals surface area contributed by atoms with E-state index in [-0.39, 0.29) is 11.4 Å². The number of carboxylic acids is 1. The second-order valence-corrected chi connectivity index (χ2v) is 4.47. The Bertz CT molecular complexity index is 654. The zero-order chi connectivity index (χ0) is 14.7. The number of ether oxygens (including phenoxy) is 1. The monoisotopic (exact) mass is 272 g/mol. The van der Waals surface area contributed by atoms with E-state index in [1.807, 2.05) is 19.9 Å². The SMILES string of the molecule is CCc1nc(C)ccc1Oc1nccc(C)c1C(=O)O. The molecular weight excluding hydrogens is 256 g/mol. The third-order valence-electron chi connectivity index (χ3n) is 2.95. The van der Waals surface area contributed by atoms with Crippen molar-refractivity contribution < 1.29 is 14.6 Å². The largest absolute Gasteiger partial charge is 0.477 e. The van der Waals surface area contributed by atoms with Crippen LogP contribution in [0.15, 0.2) is 24.4 Å². The van der Waals surface area contributed by atoms with Crippen LogP contribution in [0, 0.1) is 13.8 Å². The highest BCUT2D eigenvalue weighted by Gasteiger charge is 2.17. The fraction of sp³-hybridized carbons (Fsp3) is 0.267. The molecule has 20 heavy (non-hydrogen) atoms. The molecule has 2 heterocycles. The standard InChI is InChI=1S/C15H16N2O3/c1-4-11-12(6-5-10(3)17-11)20-14-13(15(18)19)9(2)7-8-16-14/h5-8H,4H2,1-3H3,(H,18,19). The fourth-order valence-electron chi connectivity index (χ4n) is 1.92. The predicted octanol–water partition coefficient (Wildman–Crippen LogP) is 3.15. The number of carbonyl (C=O) groups is 1. The minimum Gasteiger partial charge on any atom is -0.477 e. The number of pyridine rings is 2. The van der Waals surface area contributed by atoms with Gasteiger partial charge in [0, 0.05) is 11.9 Å². The fourth-order valence-corrected chi connectivity index (χ4v) is 1.92. The van der Waals surface area contributed by atoms with Gasteiger partial charge in [-0.25, -0.2) is 9.78 Å². The van der Waals surface area contributed by atoms with Gasteiger partial charge in [0.2, 0.25) is 5.88 Å². The number of aryl methyl sites for hydroxylation is 3. The van der Waals surface area contributed by atoms with Gasteiger partial charge in [0.25, 0.3) is 0 Å². The molecule has 0 atom stereocenters. The van der Waals surface area contributed by atoms with Crippen LogP contribution in [0.1, 0.15) is 34.2 Å². The van der Waals surface area contributed by atoms with E-state index in [9.17, 15) is 9.90 Å². The van der Waals surface area contributed by atoms with Crippen molar-refractivity contribution in [1.29, 1.82) is 0 Å². The summed E-state index contributed by atoms with van der Waals surface area (Å²) in [6, 6.07) is 5.26. The van der Waals surface area contributed by atoms with Crippen molar-refractivity contribution in [2.45, 2.75) is 27.2 Å². The maximum absolute atomic E-state index is 11.3. The number of nitrogens with zero attached hydrogens (tertiary/aromatic N) is 2. The zero-order valence-electron chi connectivity index (χ0n) is 11.7. The molecule has 0 spiro atoms. The first-order valence-corrected chi connectivity index (χ1v) is 6.36. The molecule has 0 aromatic carbocycles. The van der Waals surface area contributed by atoms with Gasteiger partial charge in [0.05, 0.1) is 5.69 Å². The molecule has 0 fully saturated rings. The van der Waals surface area contributed by atoms with Crippen molar-refractivity contribution in [3.05, 3.63) is 46.9 Å². The number of hydrogen-bond acceptors (Lipinski definition) is 4. The lowest BCUT2D eigenvalue weighted by molar-refractivity contribution is 0.0692. The highest BCUT2D eigenvalue weighted by molar-refractivity contribution is 5.91. The van der Waals surface area contributed by atoms with Crippen LogP contribution in [0.4, 0.5) is 0 Å². The lowest BCUT2D eigenvalue weighted by atomic mass is 10.1. The van der Waals surface area contributed by atoms with Gasteiger partial charge >= 0.3 is 5.97 Å². The Kier molecular flexibility index (Phi) is 3.98. The van der Waals surface area contributed by atoms with Crippen molar-refractivity contribution >= 4 is 5.97 Å². The molecule has 0 aliphatic rings. The van der Waals surface area contributed by atoms with Crippen LogP contribution in [0.2, 0.25) is 0 Å². The first kappa shape index (κ1) is 14.0. The van der Waals surface area contributed by atoms with E-state index in [4.69, 9.17) is 4.74 Å². The smallest absolute Gasteiger partial charge is 0.341 e. The second-order valence-electron chi connectivity index (χ2n) is 4.47. The van der Waals surface area contributed by atoms with Crippen LogP contribution in [0.25, 0.3) is 0 Å². The Morgan fingerprint density at radius 1 is 1.30 bits per heavy atom. The number of aromatic carboxylic acids is 1. The summed E-state index contributed by atoms with van der Waals surface area (Å²) in [6.45, 7) is 5.58. The number of aromatic nitrogens is 2. The van der Waals surface area contributed by atoms with E-state index in [1.54, 1.807) is 19.1 Å². The lowest BCUT2D eigenvalue weighted by Crippen LogP contribution is -2.06. The van der Waals surface area contributed by atoms with E-state index < -0.39 is 5.97 Å². The van der Waals surface area contributed by atoms with Crippen molar-refractivity contribution in [1.82, 2.24) is 9.97 Å². The summed E-state index contributed by atoms with van der Waals surface area (Å²) in [5, 5.41) is 9.26. The zero-order valence-corrected chi connectivity index (χ0v) is 11.7. The molecule has 0 bridgehead atoms. The van der Waals surface area contributed by atoms with Gasteiger partial charge in [-0.05, 0) is 44.0 Å². The molecule has 0 aliphatic heterocycles. The number of hydrogen-bond donors (Lipinski definition) is 1. The van der Waals surface area contributed by atoms with Crippen molar-refractivity contribution in [2.24, 2.45) is 0 Å². The summed E-state index contributed by atoms with van der Waals surface area (Å²) in [6.07, 6.45) is 2.23. The molecule has 0 aliphatic carbocycles. The third-order valence-corrected chi connectivity index (χ3v) is 2.95. The summed E-state index contributed by atoms with van der Waals surface area (Å²) >= 11 is 0. The van der Waals surface area contributed by atoms with E-state index in [0.29, 0.717) is 17.7 Å². The van der Waals surface area contributed by atoms with Gasteiger partial charge in [-0.15, -0.1) is 0 Å². The van der Waals surface area contributed by atoms with Crippen LogP contribution in [0.5, 0.6) is 11.6 Å². The molecule has 0 amide bonds. The minimum absolute atomic E-state index is 0.0788. The lowest BCUT2D eigenvalue weighted by Gasteiger charge is -2.12. The maximum atomic E-state index is 11.3. The number of carboxylic acid groups (broad SMARTS) is 1. The molecule has 2 rings (SSSR count). The predicted molar refractivity (Wildman–Crippen MR) is 74.4 cm³/mol. The maximum Gasteiger partial charge on any atom is 0.341 e. The average Bonchev–Trinajstić information content (AvgIpc) is 2.40. The van der Waals surface area contributed by atoms with Crippen LogP contribution >= 0.6 is 0 Å². The first-order valence-electron chi connectivity index (χ1n) is 6.36. The molecular formula is C15H16N2O3. The summed E-state index contributed by atoms with van der Waals surface area (Å²) in [4.78, 5) is 19.7. The van der Waals surface area contributed by atoms with E-state index in [1.165, 1.54) is 6.20 Å².